The van der Waals surface area contributed by atoms with Crippen molar-refractivity contribution in [1.29, 1.82) is 0 Å². The maximum Gasteiger partial charge on any atom is 0.276 e. The quantitative estimate of drug-likeness (QED) is 0.618. The van der Waals surface area contributed by atoms with Crippen molar-refractivity contribution in [2.45, 2.75) is 6.92 Å². The number of rotatable bonds is 3. The second kappa shape index (κ2) is 6.11. The number of carbonyl (C=O) groups is 1. The molecule has 0 radical (unpaired) electrons. The normalized spacial score (nSPS) is 11.0. The number of pyridine rings is 1. The molecule has 0 saturated heterocycles. The van der Waals surface area contributed by atoms with E-state index in [9.17, 15) is 4.79 Å². The Morgan fingerprint density at radius 2 is 1.92 bits per heavy atom. The van der Waals surface area contributed by atoms with E-state index in [1.165, 1.54) is 0 Å². The second-order valence-corrected chi connectivity index (χ2v) is 6.16. The lowest BCUT2D eigenvalue weighted by atomic mass is 10.2. The summed E-state index contributed by atoms with van der Waals surface area (Å²) in [6, 6.07) is 11.3. The number of benzene rings is 1. The van der Waals surface area contributed by atoms with Crippen LogP contribution in [0.3, 0.4) is 0 Å². The number of amides is 1. The van der Waals surface area contributed by atoms with Gasteiger partial charge in [-0.1, -0.05) is 0 Å². The molecule has 3 heterocycles. The van der Waals surface area contributed by atoms with Crippen molar-refractivity contribution >= 4 is 22.6 Å². The fourth-order valence-corrected chi connectivity index (χ4v) is 2.95. The van der Waals surface area contributed by atoms with E-state index in [0.29, 0.717) is 5.69 Å². The maximum absolute atomic E-state index is 13.0. The average Bonchev–Trinajstić information content (AvgIpc) is 3.22. The van der Waals surface area contributed by atoms with Gasteiger partial charge in [0.05, 0.1) is 16.7 Å². The van der Waals surface area contributed by atoms with Crippen molar-refractivity contribution in [3.8, 4) is 11.3 Å². The topological polar surface area (TPSA) is 79.7 Å². The molecule has 0 fully saturated rings. The van der Waals surface area contributed by atoms with E-state index in [1.807, 2.05) is 37.3 Å². The van der Waals surface area contributed by atoms with E-state index in [1.54, 1.807) is 42.1 Å². The van der Waals surface area contributed by atoms with E-state index in [2.05, 4.69) is 20.1 Å². The monoisotopic (exact) mass is 346 g/mol. The zero-order valence-corrected chi connectivity index (χ0v) is 14.8. The van der Waals surface area contributed by atoms with Gasteiger partial charge in [0.1, 0.15) is 11.5 Å². The summed E-state index contributed by atoms with van der Waals surface area (Å²) in [5.74, 6) is 0.718. The van der Waals surface area contributed by atoms with E-state index in [-0.39, 0.29) is 5.91 Å². The number of nitrogens with zero attached hydrogens (tertiary/aromatic N) is 5. The molecule has 3 aromatic heterocycles. The van der Waals surface area contributed by atoms with Gasteiger partial charge in [-0.3, -0.25) is 14.5 Å². The molecule has 0 spiro atoms. The van der Waals surface area contributed by atoms with Gasteiger partial charge in [0.15, 0.2) is 0 Å². The van der Waals surface area contributed by atoms with Gasteiger partial charge in [-0.15, -0.1) is 0 Å². The molecule has 4 aromatic rings. The first-order valence-electron chi connectivity index (χ1n) is 8.22. The lowest BCUT2D eigenvalue weighted by Gasteiger charge is -2.17. The molecule has 1 amide bonds. The van der Waals surface area contributed by atoms with Gasteiger partial charge in [0, 0.05) is 37.7 Å². The molecule has 130 valence electrons. The maximum atomic E-state index is 13.0. The predicted molar refractivity (Wildman–Crippen MR) is 100 cm³/mol. The first kappa shape index (κ1) is 16.0. The van der Waals surface area contributed by atoms with Crippen LogP contribution in [-0.4, -0.2) is 37.7 Å². The van der Waals surface area contributed by atoms with Crippen molar-refractivity contribution < 1.29 is 4.79 Å². The Balaban J connectivity index is 1.67. The molecular weight excluding hydrogens is 328 g/mol. The summed E-state index contributed by atoms with van der Waals surface area (Å²) in [4.78, 5) is 26.2. The van der Waals surface area contributed by atoms with Crippen molar-refractivity contribution in [2.24, 2.45) is 7.05 Å². The van der Waals surface area contributed by atoms with Gasteiger partial charge in [-0.25, -0.2) is 4.98 Å². The van der Waals surface area contributed by atoms with Crippen LogP contribution in [0, 0.1) is 6.92 Å². The number of aromatic nitrogens is 5. The fourth-order valence-electron chi connectivity index (χ4n) is 2.95. The van der Waals surface area contributed by atoms with Crippen molar-refractivity contribution in [2.75, 3.05) is 11.9 Å². The number of H-pyrrole nitrogens is 1. The molecule has 0 saturated carbocycles. The molecular formula is C19H18N6O. The Bertz CT molecular complexity index is 1100. The SMILES string of the molecule is Cc1nc2ccc(N(C)C(=O)c3cc(-c4ccncc4)nn3C)cc2[nH]1. The summed E-state index contributed by atoms with van der Waals surface area (Å²) in [7, 11) is 3.53. The molecule has 26 heavy (non-hydrogen) atoms. The van der Waals surface area contributed by atoms with Crippen LogP contribution in [0.1, 0.15) is 16.3 Å². The van der Waals surface area contributed by atoms with Crippen molar-refractivity contribution in [3.63, 3.8) is 0 Å². The van der Waals surface area contributed by atoms with Crippen LogP contribution in [0.15, 0.2) is 48.8 Å². The summed E-state index contributed by atoms with van der Waals surface area (Å²) < 4.78 is 1.60. The number of hydrogen-bond acceptors (Lipinski definition) is 4. The smallest absolute Gasteiger partial charge is 0.276 e. The Kier molecular flexibility index (Phi) is 3.76. The predicted octanol–water partition coefficient (Wildman–Crippen LogP) is 2.94. The number of hydrogen-bond donors (Lipinski definition) is 1. The minimum atomic E-state index is -0.129. The zero-order valence-electron chi connectivity index (χ0n) is 14.8. The number of fused-ring (bicyclic) bond motifs is 1. The fraction of sp³-hybridized carbons (Fsp3) is 0.158. The molecule has 0 atom stereocenters. The van der Waals surface area contributed by atoms with Crippen LogP contribution in [0.5, 0.6) is 0 Å². The van der Waals surface area contributed by atoms with Gasteiger partial charge in [0.25, 0.3) is 5.91 Å². The summed E-state index contributed by atoms with van der Waals surface area (Å²) in [5, 5.41) is 4.46. The highest BCUT2D eigenvalue weighted by Gasteiger charge is 2.19. The Labute approximate surface area is 150 Å². The third-order valence-electron chi connectivity index (χ3n) is 4.35. The van der Waals surface area contributed by atoms with E-state index < -0.39 is 0 Å². The zero-order chi connectivity index (χ0) is 18.3. The summed E-state index contributed by atoms with van der Waals surface area (Å²) >= 11 is 0. The van der Waals surface area contributed by atoms with Gasteiger partial charge >= 0.3 is 0 Å². The molecule has 1 N–H and O–H groups in total. The molecule has 4 rings (SSSR count). The second-order valence-electron chi connectivity index (χ2n) is 6.16. The van der Waals surface area contributed by atoms with Gasteiger partial charge in [0.2, 0.25) is 0 Å². The molecule has 1 aromatic carbocycles. The summed E-state index contributed by atoms with van der Waals surface area (Å²) in [6.07, 6.45) is 3.42. The largest absolute Gasteiger partial charge is 0.342 e. The Morgan fingerprint density at radius 1 is 1.15 bits per heavy atom. The minimum absolute atomic E-state index is 0.129. The third kappa shape index (κ3) is 2.73. The number of aromatic amines is 1. The number of carbonyl (C=O) groups excluding carboxylic acids is 1. The van der Waals surface area contributed by atoms with Gasteiger partial charge in [-0.05, 0) is 43.3 Å². The standard InChI is InChI=1S/C19H18N6O/c1-12-21-15-5-4-14(10-17(15)22-12)24(2)19(26)18-11-16(23-25(18)3)13-6-8-20-9-7-13/h4-11H,1-3H3,(H,21,22). The molecule has 0 aliphatic rings. The molecule has 0 bridgehead atoms. The highest BCUT2D eigenvalue weighted by Crippen LogP contribution is 2.23. The summed E-state index contributed by atoms with van der Waals surface area (Å²) in [5.41, 5.74) is 4.76. The molecule has 0 aliphatic carbocycles. The Hall–Kier alpha value is -3.48. The van der Waals surface area contributed by atoms with Crippen LogP contribution in [0.2, 0.25) is 0 Å². The van der Waals surface area contributed by atoms with Crippen LogP contribution < -0.4 is 4.90 Å². The van der Waals surface area contributed by atoms with Crippen LogP contribution in [-0.2, 0) is 7.05 Å². The first-order valence-corrected chi connectivity index (χ1v) is 8.22. The van der Waals surface area contributed by atoms with Gasteiger partial charge in [-0.2, -0.15) is 5.10 Å². The Morgan fingerprint density at radius 3 is 2.69 bits per heavy atom. The first-order chi connectivity index (χ1) is 12.5. The number of imidazole rings is 1. The lowest BCUT2D eigenvalue weighted by Crippen LogP contribution is -2.28. The highest BCUT2D eigenvalue weighted by molar-refractivity contribution is 6.05. The highest BCUT2D eigenvalue weighted by atomic mass is 16.2. The van der Waals surface area contributed by atoms with Gasteiger partial charge < -0.3 is 9.88 Å². The van der Waals surface area contributed by atoms with E-state index >= 15 is 0 Å². The van der Waals surface area contributed by atoms with E-state index in [4.69, 9.17) is 0 Å². The van der Waals surface area contributed by atoms with Crippen LogP contribution in [0.25, 0.3) is 22.3 Å². The number of nitrogens with one attached hydrogen (secondary N) is 1. The van der Waals surface area contributed by atoms with Crippen molar-refractivity contribution in [1.82, 2.24) is 24.7 Å². The van der Waals surface area contributed by atoms with Crippen LogP contribution >= 0.6 is 0 Å². The minimum Gasteiger partial charge on any atom is -0.342 e. The van der Waals surface area contributed by atoms with E-state index in [0.717, 1.165) is 33.8 Å². The average molecular weight is 346 g/mol. The van der Waals surface area contributed by atoms with Crippen molar-refractivity contribution in [3.05, 3.63) is 60.3 Å². The third-order valence-corrected chi connectivity index (χ3v) is 4.35. The lowest BCUT2D eigenvalue weighted by molar-refractivity contribution is 0.0984. The molecule has 0 unspecified atom stereocenters. The number of anilines is 1. The molecule has 7 nitrogen and oxygen atoms in total. The molecule has 7 heteroatoms. The molecule has 0 aliphatic heterocycles. The van der Waals surface area contributed by atoms with Crippen LogP contribution in [0.4, 0.5) is 5.69 Å². The summed E-state index contributed by atoms with van der Waals surface area (Å²) in [6.45, 7) is 1.91. The number of aryl methyl sites for hydroxylation is 2.